The molecule has 1 aliphatic rings. The quantitative estimate of drug-likeness (QED) is 0.924. The Balaban J connectivity index is 1.78. The number of halogens is 1. The van der Waals surface area contributed by atoms with Crippen LogP contribution < -0.4 is 4.74 Å². The maximum absolute atomic E-state index is 13.7. The minimum atomic E-state index is -1.23. The Morgan fingerprint density at radius 3 is 2.55 bits per heavy atom. The number of pyridine rings is 1. The lowest BCUT2D eigenvalue weighted by Gasteiger charge is -2.07. The van der Waals surface area contributed by atoms with Gasteiger partial charge in [0.05, 0.1) is 5.56 Å². The molecule has 5 heteroatoms. The first-order valence-corrected chi connectivity index (χ1v) is 6.30. The third-order valence-electron chi connectivity index (χ3n) is 3.20. The highest BCUT2D eigenvalue weighted by Gasteiger charge is 2.23. The van der Waals surface area contributed by atoms with Gasteiger partial charge < -0.3 is 9.84 Å². The van der Waals surface area contributed by atoms with Crippen molar-refractivity contribution in [3.63, 3.8) is 0 Å². The zero-order valence-electron chi connectivity index (χ0n) is 10.5. The van der Waals surface area contributed by atoms with Crippen LogP contribution in [0, 0.1) is 5.82 Å². The van der Waals surface area contributed by atoms with Gasteiger partial charge in [0.15, 0.2) is 5.82 Å². The number of benzene rings is 1. The third kappa shape index (κ3) is 2.61. The van der Waals surface area contributed by atoms with Crippen LogP contribution in [0.5, 0.6) is 11.6 Å². The van der Waals surface area contributed by atoms with E-state index in [9.17, 15) is 9.18 Å². The maximum atomic E-state index is 13.7. The molecule has 0 bridgehead atoms. The molecular weight excluding hydrogens is 261 g/mol. The number of carboxylic acids is 1. The molecule has 0 spiro atoms. The first kappa shape index (κ1) is 12.6. The summed E-state index contributed by atoms with van der Waals surface area (Å²) >= 11 is 0. The summed E-state index contributed by atoms with van der Waals surface area (Å²) in [6.07, 6.45) is 3.50. The monoisotopic (exact) mass is 273 g/mol. The van der Waals surface area contributed by atoms with Gasteiger partial charge in [-0.2, -0.15) is 0 Å². The molecule has 1 aromatic heterocycles. The Bertz CT molecular complexity index is 651. The Kier molecular flexibility index (Phi) is 3.10. The molecule has 1 heterocycles. The predicted molar refractivity (Wildman–Crippen MR) is 69.6 cm³/mol. The number of carboxylic acid groups (broad SMARTS) is 1. The average Bonchev–Trinajstić information content (AvgIpc) is 3.26. The van der Waals surface area contributed by atoms with Crippen LogP contribution in [0.15, 0.2) is 36.5 Å². The van der Waals surface area contributed by atoms with Crippen molar-refractivity contribution in [2.24, 2.45) is 0 Å². The van der Waals surface area contributed by atoms with Crippen LogP contribution in [-0.2, 0) is 0 Å². The third-order valence-corrected chi connectivity index (χ3v) is 3.20. The summed E-state index contributed by atoms with van der Waals surface area (Å²) in [7, 11) is 0. The highest BCUT2D eigenvalue weighted by atomic mass is 19.1. The van der Waals surface area contributed by atoms with Crippen LogP contribution in [0.25, 0.3) is 0 Å². The second-order valence-corrected chi connectivity index (χ2v) is 4.76. The fourth-order valence-electron chi connectivity index (χ4n) is 1.95. The Morgan fingerprint density at radius 1 is 1.30 bits per heavy atom. The van der Waals surface area contributed by atoms with Gasteiger partial charge in [0.25, 0.3) is 5.88 Å². The van der Waals surface area contributed by atoms with E-state index in [4.69, 9.17) is 9.84 Å². The van der Waals surface area contributed by atoms with Crippen LogP contribution in [0.4, 0.5) is 4.39 Å². The highest BCUT2D eigenvalue weighted by Crippen LogP contribution is 2.40. The van der Waals surface area contributed by atoms with Gasteiger partial charge in [0.1, 0.15) is 5.75 Å². The fraction of sp³-hybridized carbons (Fsp3) is 0.200. The van der Waals surface area contributed by atoms with Gasteiger partial charge in [0.2, 0.25) is 0 Å². The topological polar surface area (TPSA) is 59.4 Å². The molecule has 102 valence electrons. The number of carbonyl (C=O) groups is 1. The van der Waals surface area contributed by atoms with Crippen LogP contribution in [0.2, 0.25) is 0 Å². The van der Waals surface area contributed by atoms with Crippen LogP contribution >= 0.6 is 0 Å². The van der Waals surface area contributed by atoms with Gasteiger partial charge in [-0.15, -0.1) is 0 Å². The molecule has 1 fully saturated rings. The summed E-state index contributed by atoms with van der Waals surface area (Å²) in [5.74, 6) is -1.13. The summed E-state index contributed by atoms with van der Waals surface area (Å²) in [5, 5.41) is 8.73. The minimum Gasteiger partial charge on any atom is -0.478 e. The summed E-state index contributed by atoms with van der Waals surface area (Å²) in [5.41, 5.74) is 1.05. The van der Waals surface area contributed by atoms with Crippen molar-refractivity contribution in [3.05, 3.63) is 53.5 Å². The lowest BCUT2D eigenvalue weighted by atomic mass is 10.1. The smallest absolute Gasteiger partial charge is 0.337 e. The van der Waals surface area contributed by atoms with Gasteiger partial charge in [-0.05, 0) is 42.5 Å². The first-order valence-electron chi connectivity index (χ1n) is 6.30. The van der Waals surface area contributed by atoms with Crippen molar-refractivity contribution in [2.45, 2.75) is 18.8 Å². The van der Waals surface area contributed by atoms with Gasteiger partial charge in [0, 0.05) is 6.20 Å². The van der Waals surface area contributed by atoms with E-state index in [-0.39, 0.29) is 11.4 Å². The van der Waals surface area contributed by atoms with Crippen molar-refractivity contribution in [1.29, 1.82) is 0 Å². The number of ether oxygens (including phenoxy) is 1. The number of hydrogen-bond acceptors (Lipinski definition) is 3. The van der Waals surface area contributed by atoms with E-state index in [2.05, 4.69) is 4.98 Å². The minimum absolute atomic E-state index is 0.209. The fourth-order valence-corrected chi connectivity index (χ4v) is 1.95. The molecule has 0 amide bonds. The molecule has 1 N–H and O–H groups in total. The van der Waals surface area contributed by atoms with Crippen molar-refractivity contribution in [1.82, 2.24) is 4.98 Å². The number of rotatable bonds is 4. The molecular formula is C15H12FNO3. The zero-order chi connectivity index (χ0) is 14.1. The molecule has 1 aliphatic carbocycles. The zero-order valence-corrected chi connectivity index (χ0v) is 10.5. The van der Waals surface area contributed by atoms with Gasteiger partial charge in [-0.25, -0.2) is 14.2 Å². The van der Waals surface area contributed by atoms with E-state index in [1.165, 1.54) is 18.4 Å². The average molecular weight is 273 g/mol. The summed E-state index contributed by atoms with van der Waals surface area (Å²) in [6.45, 7) is 0. The molecule has 20 heavy (non-hydrogen) atoms. The van der Waals surface area contributed by atoms with Crippen molar-refractivity contribution in [3.8, 4) is 11.6 Å². The molecule has 0 unspecified atom stereocenters. The van der Waals surface area contributed by atoms with Crippen molar-refractivity contribution < 1.29 is 19.0 Å². The van der Waals surface area contributed by atoms with Gasteiger partial charge in [-0.3, -0.25) is 0 Å². The van der Waals surface area contributed by atoms with Crippen molar-refractivity contribution >= 4 is 5.97 Å². The van der Waals surface area contributed by atoms with E-state index in [0.717, 1.165) is 12.3 Å². The van der Waals surface area contributed by atoms with Crippen LogP contribution in [-0.4, -0.2) is 16.1 Å². The Hall–Kier alpha value is -2.43. The maximum Gasteiger partial charge on any atom is 0.337 e. The molecule has 0 saturated heterocycles. The van der Waals surface area contributed by atoms with E-state index in [0.29, 0.717) is 11.7 Å². The largest absolute Gasteiger partial charge is 0.478 e. The predicted octanol–water partition coefficient (Wildman–Crippen LogP) is 3.59. The van der Waals surface area contributed by atoms with Gasteiger partial charge >= 0.3 is 5.97 Å². The van der Waals surface area contributed by atoms with Crippen molar-refractivity contribution in [2.75, 3.05) is 0 Å². The molecule has 4 nitrogen and oxygen atoms in total. The second-order valence-electron chi connectivity index (χ2n) is 4.76. The molecule has 0 radical (unpaired) electrons. The van der Waals surface area contributed by atoms with E-state index in [1.54, 1.807) is 12.1 Å². The Labute approximate surface area is 114 Å². The standard InChI is InChI=1S/C15H12FNO3/c16-13-7-11(15(18)19)8-17-14(13)20-12-5-3-10(4-6-12)9-1-2-9/h3-9H,1-2H2,(H,18,19). The molecule has 1 saturated carbocycles. The number of hydrogen-bond donors (Lipinski definition) is 1. The number of aromatic carboxylic acids is 1. The van der Waals surface area contributed by atoms with E-state index in [1.807, 2.05) is 12.1 Å². The lowest BCUT2D eigenvalue weighted by molar-refractivity contribution is 0.0695. The van der Waals surface area contributed by atoms with E-state index >= 15 is 0 Å². The number of aromatic nitrogens is 1. The van der Waals surface area contributed by atoms with Crippen LogP contribution in [0.3, 0.4) is 0 Å². The molecule has 0 aliphatic heterocycles. The molecule has 2 aromatic rings. The van der Waals surface area contributed by atoms with Crippen LogP contribution in [0.1, 0.15) is 34.7 Å². The molecule has 1 aromatic carbocycles. The second kappa shape index (κ2) is 4.92. The first-order chi connectivity index (χ1) is 9.63. The highest BCUT2D eigenvalue weighted by molar-refractivity contribution is 5.87. The summed E-state index contributed by atoms with van der Waals surface area (Å²) in [6, 6.07) is 8.33. The normalized spacial score (nSPS) is 14.1. The Morgan fingerprint density at radius 2 is 2.00 bits per heavy atom. The van der Waals surface area contributed by atoms with Gasteiger partial charge in [-0.1, -0.05) is 12.1 Å². The van der Waals surface area contributed by atoms with E-state index < -0.39 is 11.8 Å². The summed E-state index contributed by atoms with van der Waals surface area (Å²) in [4.78, 5) is 14.4. The summed E-state index contributed by atoms with van der Waals surface area (Å²) < 4.78 is 19.0. The molecule has 3 rings (SSSR count). The number of nitrogens with zero attached hydrogens (tertiary/aromatic N) is 1. The SMILES string of the molecule is O=C(O)c1cnc(Oc2ccc(C3CC3)cc2)c(F)c1. The molecule has 0 atom stereocenters. The lowest BCUT2D eigenvalue weighted by Crippen LogP contribution is -2.00.